The van der Waals surface area contributed by atoms with Crippen LogP contribution < -0.4 is 5.32 Å². The van der Waals surface area contributed by atoms with Crippen LogP contribution in [0.25, 0.3) is 0 Å². The highest BCUT2D eigenvalue weighted by Crippen LogP contribution is 2.18. The van der Waals surface area contributed by atoms with Crippen molar-refractivity contribution in [1.29, 1.82) is 0 Å². The Kier molecular flexibility index (Phi) is 4.42. The summed E-state index contributed by atoms with van der Waals surface area (Å²) < 4.78 is 5.00. The summed E-state index contributed by atoms with van der Waals surface area (Å²) in [6, 6.07) is 8.98. The standard InChI is InChI=1S/C16H17NO4/c1-3-13(11-6-4-10(2)5-7-11)17-15(18)14-8-12(9-21-14)16(19)20/h4-9,13H,3H2,1-2H3,(H,17,18)(H,19,20). The molecule has 2 rings (SSSR count). The molecule has 0 aliphatic heterocycles. The smallest absolute Gasteiger partial charge is 0.338 e. The van der Waals surface area contributed by atoms with Crippen LogP contribution in [-0.2, 0) is 0 Å². The van der Waals surface area contributed by atoms with Gasteiger partial charge in [0, 0.05) is 6.07 Å². The number of carbonyl (C=O) groups excluding carboxylic acids is 1. The van der Waals surface area contributed by atoms with Crippen LogP contribution in [0.4, 0.5) is 0 Å². The molecule has 1 unspecified atom stereocenters. The lowest BCUT2D eigenvalue weighted by atomic mass is 10.0. The van der Waals surface area contributed by atoms with Crippen molar-refractivity contribution < 1.29 is 19.1 Å². The van der Waals surface area contributed by atoms with Gasteiger partial charge in [-0.25, -0.2) is 4.79 Å². The van der Waals surface area contributed by atoms with Crippen molar-refractivity contribution in [2.75, 3.05) is 0 Å². The van der Waals surface area contributed by atoms with Crippen molar-refractivity contribution in [1.82, 2.24) is 5.32 Å². The second-order valence-electron chi connectivity index (χ2n) is 4.85. The van der Waals surface area contributed by atoms with E-state index in [0.29, 0.717) is 0 Å². The van der Waals surface area contributed by atoms with Crippen LogP contribution in [-0.4, -0.2) is 17.0 Å². The zero-order valence-electron chi connectivity index (χ0n) is 11.9. The van der Waals surface area contributed by atoms with E-state index in [-0.39, 0.29) is 17.4 Å². The first-order valence-electron chi connectivity index (χ1n) is 6.70. The van der Waals surface area contributed by atoms with Gasteiger partial charge in [0.1, 0.15) is 6.26 Å². The average molecular weight is 287 g/mol. The fourth-order valence-corrected chi connectivity index (χ4v) is 2.02. The van der Waals surface area contributed by atoms with Crippen LogP contribution in [0.2, 0.25) is 0 Å². The average Bonchev–Trinajstić information content (AvgIpc) is 2.96. The molecule has 5 nitrogen and oxygen atoms in total. The molecule has 0 fully saturated rings. The molecule has 1 atom stereocenters. The predicted octanol–water partition coefficient (Wildman–Crippen LogP) is 3.17. The van der Waals surface area contributed by atoms with Gasteiger partial charge in [0.05, 0.1) is 11.6 Å². The highest BCUT2D eigenvalue weighted by atomic mass is 16.4. The van der Waals surface area contributed by atoms with E-state index in [1.54, 1.807) is 0 Å². The summed E-state index contributed by atoms with van der Waals surface area (Å²) in [4.78, 5) is 22.9. The van der Waals surface area contributed by atoms with Gasteiger partial charge in [-0.3, -0.25) is 4.79 Å². The van der Waals surface area contributed by atoms with E-state index in [0.717, 1.165) is 23.8 Å². The monoisotopic (exact) mass is 287 g/mol. The van der Waals surface area contributed by atoms with Crippen LogP contribution >= 0.6 is 0 Å². The zero-order valence-corrected chi connectivity index (χ0v) is 11.9. The minimum absolute atomic E-state index is 0.00189. The molecular formula is C16H17NO4. The van der Waals surface area contributed by atoms with E-state index in [2.05, 4.69) is 5.32 Å². The number of hydrogen-bond donors (Lipinski definition) is 2. The Bertz CT molecular complexity index is 643. The molecular weight excluding hydrogens is 270 g/mol. The number of benzene rings is 1. The van der Waals surface area contributed by atoms with Crippen molar-refractivity contribution in [2.45, 2.75) is 26.3 Å². The lowest BCUT2D eigenvalue weighted by Crippen LogP contribution is -2.27. The Hall–Kier alpha value is -2.56. The van der Waals surface area contributed by atoms with E-state index in [1.807, 2.05) is 38.1 Å². The van der Waals surface area contributed by atoms with Gasteiger partial charge < -0.3 is 14.8 Å². The summed E-state index contributed by atoms with van der Waals surface area (Å²) in [6.07, 6.45) is 1.78. The van der Waals surface area contributed by atoms with Gasteiger partial charge in [-0.05, 0) is 18.9 Å². The van der Waals surface area contributed by atoms with E-state index in [9.17, 15) is 9.59 Å². The molecule has 0 bridgehead atoms. The maximum absolute atomic E-state index is 12.1. The molecule has 2 aromatic rings. The quantitative estimate of drug-likeness (QED) is 0.885. The Morgan fingerprint density at radius 1 is 1.29 bits per heavy atom. The van der Waals surface area contributed by atoms with Gasteiger partial charge in [0.25, 0.3) is 5.91 Å². The molecule has 1 aromatic carbocycles. The summed E-state index contributed by atoms with van der Waals surface area (Å²) >= 11 is 0. The van der Waals surface area contributed by atoms with E-state index < -0.39 is 11.9 Å². The molecule has 5 heteroatoms. The Labute approximate surface area is 122 Å². The van der Waals surface area contributed by atoms with Crippen LogP contribution in [0, 0.1) is 6.92 Å². The molecule has 0 aliphatic carbocycles. The number of furan rings is 1. The first-order valence-corrected chi connectivity index (χ1v) is 6.70. The van der Waals surface area contributed by atoms with E-state index in [1.165, 1.54) is 6.07 Å². The lowest BCUT2D eigenvalue weighted by Gasteiger charge is -2.16. The summed E-state index contributed by atoms with van der Waals surface area (Å²) in [5, 5.41) is 11.7. The van der Waals surface area contributed by atoms with Gasteiger partial charge in [0.15, 0.2) is 5.76 Å². The third kappa shape index (κ3) is 3.51. The molecule has 2 N–H and O–H groups in total. The molecule has 1 amide bonds. The molecule has 0 saturated heterocycles. The maximum Gasteiger partial charge on any atom is 0.338 e. The SMILES string of the molecule is CCC(NC(=O)c1cc(C(=O)O)co1)c1ccc(C)cc1. The van der Waals surface area contributed by atoms with E-state index in [4.69, 9.17) is 9.52 Å². The molecule has 110 valence electrons. The fraction of sp³-hybridized carbons (Fsp3) is 0.250. The number of amides is 1. The third-order valence-corrected chi connectivity index (χ3v) is 3.26. The number of aromatic carboxylic acids is 1. The molecule has 1 aromatic heterocycles. The topological polar surface area (TPSA) is 79.5 Å². The van der Waals surface area contributed by atoms with Gasteiger partial charge in [-0.1, -0.05) is 36.8 Å². The summed E-state index contributed by atoms with van der Waals surface area (Å²) in [7, 11) is 0. The molecule has 0 radical (unpaired) electrons. The van der Waals surface area contributed by atoms with E-state index >= 15 is 0 Å². The molecule has 21 heavy (non-hydrogen) atoms. The maximum atomic E-state index is 12.1. The second-order valence-corrected chi connectivity index (χ2v) is 4.85. The van der Waals surface area contributed by atoms with Gasteiger partial charge in [-0.15, -0.1) is 0 Å². The summed E-state index contributed by atoms with van der Waals surface area (Å²) in [5.41, 5.74) is 2.11. The van der Waals surface area contributed by atoms with Crippen molar-refractivity contribution in [3.05, 3.63) is 59.0 Å². The molecule has 0 saturated carbocycles. The van der Waals surface area contributed by atoms with Crippen molar-refractivity contribution in [3.8, 4) is 0 Å². The van der Waals surface area contributed by atoms with Crippen molar-refractivity contribution >= 4 is 11.9 Å². The third-order valence-electron chi connectivity index (χ3n) is 3.26. The van der Waals surface area contributed by atoms with Crippen LogP contribution in [0.3, 0.4) is 0 Å². The Morgan fingerprint density at radius 2 is 1.95 bits per heavy atom. The number of carbonyl (C=O) groups is 2. The van der Waals surface area contributed by atoms with Crippen LogP contribution in [0.1, 0.15) is 51.4 Å². The first-order chi connectivity index (χ1) is 10.0. The molecule has 0 spiro atoms. The highest BCUT2D eigenvalue weighted by Gasteiger charge is 2.18. The van der Waals surface area contributed by atoms with Gasteiger partial charge in [-0.2, -0.15) is 0 Å². The number of rotatable bonds is 5. The first kappa shape index (κ1) is 14.8. The van der Waals surface area contributed by atoms with Crippen LogP contribution in [0.5, 0.6) is 0 Å². The van der Waals surface area contributed by atoms with Gasteiger partial charge >= 0.3 is 5.97 Å². The Balaban J connectivity index is 2.12. The number of hydrogen-bond acceptors (Lipinski definition) is 3. The summed E-state index contributed by atoms with van der Waals surface area (Å²) in [5.74, 6) is -1.55. The van der Waals surface area contributed by atoms with Gasteiger partial charge in [0.2, 0.25) is 0 Å². The van der Waals surface area contributed by atoms with Crippen LogP contribution in [0.15, 0.2) is 41.0 Å². The highest BCUT2D eigenvalue weighted by molar-refractivity contribution is 5.95. The minimum Gasteiger partial charge on any atom is -0.478 e. The predicted molar refractivity (Wildman–Crippen MR) is 77.3 cm³/mol. The minimum atomic E-state index is -1.12. The number of nitrogens with one attached hydrogen (secondary N) is 1. The van der Waals surface area contributed by atoms with Crippen molar-refractivity contribution in [2.24, 2.45) is 0 Å². The number of carboxylic acid groups (broad SMARTS) is 1. The lowest BCUT2D eigenvalue weighted by molar-refractivity contribution is 0.0695. The molecule has 0 aliphatic rings. The number of carboxylic acids is 1. The number of aryl methyl sites for hydroxylation is 1. The Morgan fingerprint density at radius 3 is 2.48 bits per heavy atom. The fourth-order valence-electron chi connectivity index (χ4n) is 2.02. The molecule has 1 heterocycles. The van der Waals surface area contributed by atoms with Crippen molar-refractivity contribution in [3.63, 3.8) is 0 Å². The zero-order chi connectivity index (χ0) is 15.4. The second kappa shape index (κ2) is 6.26. The summed E-state index contributed by atoms with van der Waals surface area (Å²) in [6.45, 7) is 3.97. The normalized spacial score (nSPS) is 11.9. The largest absolute Gasteiger partial charge is 0.478 e.